The van der Waals surface area contributed by atoms with Gasteiger partial charge in [0, 0.05) is 16.8 Å². The van der Waals surface area contributed by atoms with Crippen LogP contribution < -0.4 is 0 Å². The molecule has 3 heteroatoms. The lowest BCUT2D eigenvalue weighted by atomic mass is 9.91. The van der Waals surface area contributed by atoms with Gasteiger partial charge >= 0.3 is 0 Å². The second kappa shape index (κ2) is 2.96. The van der Waals surface area contributed by atoms with E-state index in [1.807, 2.05) is 0 Å². The zero-order valence-electron chi connectivity index (χ0n) is 7.12. The summed E-state index contributed by atoms with van der Waals surface area (Å²) in [4.78, 5) is 15.7. The van der Waals surface area contributed by atoms with Crippen LogP contribution in [0.15, 0.2) is 40.0 Å². The molecule has 0 amide bonds. The van der Waals surface area contributed by atoms with E-state index in [0.29, 0.717) is 5.03 Å². The first-order chi connectivity index (χ1) is 6.16. The lowest BCUT2D eigenvalue weighted by molar-refractivity contribution is -0.115. The Morgan fingerprint density at radius 2 is 2.23 bits per heavy atom. The molecule has 0 radical (unpaired) electrons. The van der Waals surface area contributed by atoms with Crippen LogP contribution in [0.4, 0.5) is 0 Å². The number of aliphatic imine (C=N–C) groups is 1. The number of halogens is 1. The number of allylic oxidation sites excluding steroid dienone is 6. The largest absolute Gasteiger partial charge is 0.294 e. The number of hydrogen-bond donors (Lipinski definition) is 0. The van der Waals surface area contributed by atoms with Gasteiger partial charge in [-0.05, 0) is 19.1 Å². The number of fused-ring (bicyclic) bond motifs is 1. The highest BCUT2D eigenvalue weighted by Gasteiger charge is 2.24. The zero-order valence-corrected chi connectivity index (χ0v) is 7.88. The Kier molecular flexibility index (Phi) is 1.93. The lowest BCUT2D eigenvalue weighted by Crippen LogP contribution is -2.24. The van der Waals surface area contributed by atoms with Crippen molar-refractivity contribution in [3.63, 3.8) is 0 Å². The molecule has 0 aromatic heterocycles. The van der Waals surface area contributed by atoms with E-state index in [4.69, 9.17) is 11.6 Å². The Balaban J connectivity index is 2.46. The highest BCUT2D eigenvalue weighted by molar-refractivity contribution is 6.34. The van der Waals surface area contributed by atoms with Crippen molar-refractivity contribution < 1.29 is 4.79 Å². The Hall–Kier alpha value is -1.15. The molecule has 0 spiro atoms. The summed E-state index contributed by atoms with van der Waals surface area (Å²) >= 11 is 5.79. The number of carbonyl (C=O) groups excluding carboxylic acids is 1. The van der Waals surface area contributed by atoms with Gasteiger partial charge in [0.25, 0.3) is 0 Å². The van der Waals surface area contributed by atoms with E-state index >= 15 is 0 Å². The average molecular weight is 194 g/mol. The van der Waals surface area contributed by atoms with Crippen molar-refractivity contribution in [2.24, 2.45) is 10.9 Å². The molecule has 13 heavy (non-hydrogen) atoms. The Labute approximate surface area is 81.3 Å². The maximum Gasteiger partial charge on any atom is 0.170 e. The van der Waals surface area contributed by atoms with Gasteiger partial charge in [-0.2, -0.15) is 0 Å². The number of ketones is 1. The SMILES string of the molecule is CC1=CC(=O)C2C=CC(Cl)=CC2=N1. The van der Waals surface area contributed by atoms with E-state index in [-0.39, 0.29) is 11.7 Å². The van der Waals surface area contributed by atoms with Gasteiger partial charge in [-0.1, -0.05) is 17.7 Å². The Bertz CT molecular complexity index is 388. The van der Waals surface area contributed by atoms with E-state index in [0.717, 1.165) is 11.4 Å². The van der Waals surface area contributed by atoms with Crippen LogP contribution in [0.1, 0.15) is 6.92 Å². The van der Waals surface area contributed by atoms with Crippen LogP contribution in [0.3, 0.4) is 0 Å². The average Bonchev–Trinajstić information content (AvgIpc) is 2.02. The van der Waals surface area contributed by atoms with Gasteiger partial charge in [-0.25, -0.2) is 0 Å². The van der Waals surface area contributed by atoms with Crippen LogP contribution in [-0.4, -0.2) is 11.5 Å². The van der Waals surface area contributed by atoms with Crippen molar-refractivity contribution in [3.8, 4) is 0 Å². The van der Waals surface area contributed by atoms with Gasteiger partial charge in [0.1, 0.15) is 0 Å². The van der Waals surface area contributed by atoms with Crippen molar-refractivity contribution in [1.82, 2.24) is 0 Å². The molecule has 0 N–H and O–H groups in total. The van der Waals surface area contributed by atoms with E-state index in [1.165, 1.54) is 0 Å². The molecular weight excluding hydrogens is 186 g/mol. The maximum atomic E-state index is 11.5. The minimum atomic E-state index is -0.216. The first-order valence-electron chi connectivity index (χ1n) is 4.03. The normalized spacial score (nSPS) is 26.2. The minimum Gasteiger partial charge on any atom is -0.294 e. The Morgan fingerprint density at radius 3 is 3.00 bits per heavy atom. The van der Waals surface area contributed by atoms with Crippen LogP contribution in [0, 0.1) is 5.92 Å². The third-order valence-electron chi connectivity index (χ3n) is 2.02. The zero-order chi connectivity index (χ0) is 9.42. The first-order valence-corrected chi connectivity index (χ1v) is 4.41. The quantitative estimate of drug-likeness (QED) is 0.580. The third kappa shape index (κ3) is 1.49. The standard InChI is InChI=1S/C10H8ClNO/c1-6-4-10(13)8-3-2-7(11)5-9(8)12-6/h2-5,8H,1H3. The molecule has 1 aliphatic carbocycles. The van der Waals surface area contributed by atoms with E-state index in [1.54, 1.807) is 31.2 Å². The molecule has 1 unspecified atom stereocenters. The summed E-state index contributed by atoms with van der Waals surface area (Å²) in [5, 5.41) is 0.623. The number of hydrogen-bond acceptors (Lipinski definition) is 2. The molecule has 2 rings (SSSR count). The summed E-state index contributed by atoms with van der Waals surface area (Å²) in [5.74, 6) is -0.134. The van der Waals surface area contributed by atoms with Gasteiger partial charge in [0.15, 0.2) is 5.78 Å². The molecule has 1 atom stereocenters. The van der Waals surface area contributed by atoms with Gasteiger partial charge < -0.3 is 0 Å². The monoisotopic (exact) mass is 193 g/mol. The number of carbonyl (C=O) groups is 1. The summed E-state index contributed by atoms with van der Waals surface area (Å²) in [6, 6.07) is 0. The van der Waals surface area contributed by atoms with Crippen LogP contribution in [0.25, 0.3) is 0 Å². The van der Waals surface area contributed by atoms with Gasteiger partial charge in [-0.15, -0.1) is 0 Å². The van der Waals surface area contributed by atoms with Crippen molar-refractivity contribution >= 4 is 23.1 Å². The molecule has 0 saturated carbocycles. The van der Waals surface area contributed by atoms with E-state index in [2.05, 4.69) is 4.99 Å². The predicted octanol–water partition coefficient (Wildman–Crippen LogP) is 2.22. The second-order valence-corrected chi connectivity index (χ2v) is 3.53. The van der Waals surface area contributed by atoms with Crippen molar-refractivity contribution in [2.75, 3.05) is 0 Å². The third-order valence-corrected chi connectivity index (χ3v) is 2.25. The summed E-state index contributed by atoms with van der Waals surface area (Å²) in [6.07, 6.45) is 6.82. The van der Waals surface area contributed by atoms with Crippen LogP contribution >= 0.6 is 11.6 Å². The second-order valence-electron chi connectivity index (χ2n) is 3.09. The van der Waals surface area contributed by atoms with Crippen molar-refractivity contribution in [3.05, 3.63) is 35.0 Å². The topological polar surface area (TPSA) is 29.4 Å². The molecule has 2 nitrogen and oxygen atoms in total. The first kappa shape index (κ1) is 8.45. The fraction of sp³-hybridized carbons (Fsp3) is 0.200. The lowest BCUT2D eigenvalue weighted by Gasteiger charge is -2.17. The summed E-state index contributed by atoms with van der Waals surface area (Å²) in [5.41, 5.74) is 1.49. The van der Waals surface area contributed by atoms with Crippen LogP contribution in [0.5, 0.6) is 0 Å². The highest BCUT2D eigenvalue weighted by Crippen LogP contribution is 2.22. The highest BCUT2D eigenvalue weighted by atomic mass is 35.5. The molecule has 66 valence electrons. The minimum absolute atomic E-state index is 0.0826. The van der Waals surface area contributed by atoms with Gasteiger partial charge in [-0.3, -0.25) is 9.79 Å². The van der Waals surface area contributed by atoms with Crippen molar-refractivity contribution in [1.29, 1.82) is 0 Å². The summed E-state index contributed by atoms with van der Waals surface area (Å²) in [6.45, 7) is 1.81. The number of nitrogens with zero attached hydrogens (tertiary/aromatic N) is 1. The molecule has 2 aliphatic rings. The maximum absolute atomic E-state index is 11.5. The molecular formula is C10H8ClNO. The van der Waals surface area contributed by atoms with E-state index in [9.17, 15) is 4.79 Å². The van der Waals surface area contributed by atoms with Gasteiger partial charge in [0.05, 0.1) is 11.6 Å². The summed E-state index contributed by atoms with van der Waals surface area (Å²) < 4.78 is 0. The molecule has 0 aromatic rings. The van der Waals surface area contributed by atoms with Gasteiger partial charge in [0.2, 0.25) is 0 Å². The molecule has 0 bridgehead atoms. The smallest absolute Gasteiger partial charge is 0.170 e. The Morgan fingerprint density at radius 1 is 1.46 bits per heavy atom. The van der Waals surface area contributed by atoms with Crippen LogP contribution in [-0.2, 0) is 4.79 Å². The predicted molar refractivity (Wildman–Crippen MR) is 52.8 cm³/mol. The van der Waals surface area contributed by atoms with Crippen molar-refractivity contribution in [2.45, 2.75) is 6.92 Å². The fourth-order valence-electron chi connectivity index (χ4n) is 1.44. The van der Waals surface area contributed by atoms with Crippen LogP contribution in [0.2, 0.25) is 0 Å². The van der Waals surface area contributed by atoms with E-state index < -0.39 is 0 Å². The molecule has 1 aliphatic heterocycles. The molecule has 1 heterocycles. The number of rotatable bonds is 0. The molecule has 0 fully saturated rings. The fourth-order valence-corrected chi connectivity index (χ4v) is 1.62. The molecule has 0 saturated heterocycles. The molecule has 0 aromatic carbocycles. The summed E-state index contributed by atoms with van der Waals surface area (Å²) in [7, 11) is 0.